The number of nitrogens with zero attached hydrogens (tertiary/aromatic N) is 2. The van der Waals surface area contributed by atoms with Gasteiger partial charge in [-0.25, -0.2) is 4.79 Å². The first kappa shape index (κ1) is 9.20. The topological polar surface area (TPSA) is 81.4 Å². The summed E-state index contributed by atoms with van der Waals surface area (Å²) >= 11 is 0. The van der Waals surface area contributed by atoms with E-state index in [2.05, 4.69) is 9.84 Å². The Morgan fingerprint density at radius 1 is 1.53 bits per heavy atom. The van der Waals surface area contributed by atoms with Crippen LogP contribution in [0.15, 0.2) is 24.4 Å². The standard InChI is InChI=1S/C9H6N2O4/c12-5-15-7-1-2-8-6(3-7)4-10-11(8)9(13)14/h1-5H,(H,13,14). The number of carboxylic acid groups (broad SMARTS) is 1. The zero-order valence-electron chi connectivity index (χ0n) is 7.45. The van der Waals surface area contributed by atoms with E-state index in [9.17, 15) is 9.59 Å². The van der Waals surface area contributed by atoms with E-state index in [1.807, 2.05) is 0 Å². The molecule has 2 rings (SSSR count). The summed E-state index contributed by atoms with van der Waals surface area (Å²) in [5.74, 6) is 0.349. The molecule has 6 heteroatoms. The molecule has 15 heavy (non-hydrogen) atoms. The first-order valence-corrected chi connectivity index (χ1v) is 4.04. The lowest BCUT2D eigenvalue weighted by atomic mass is 10.2. The number of fused-ring (bicyclic) bond motifs is 1. The number of benzene rings is 1. The highest BCUT2D eigenvalue weighted by Gasteiger charge is 2.08. The molecule has 0 radical (unpaired) electrons. The molecule has 0 aliphatic carbocycles. The van der Waals surface area contributed by atoms with Gasteiger partial charge in [-0.05, 0) is 18.2 Å². The van der Waals surface area contributed by atoms with Crippen LogP contribution in [0.1, 0.15) is 0 Å². The van der Waals surface area contributed by atoms with Crippen molar-refractivity contribution in [1.82, 2.24) is 9.78 Å². The number of carbonyl (C=O) groups excluding carboxylic acids is 1. The minimum absolute atomic E-state index is 0.308. The summed E-state index contributed by atoms with van der Waals surface area (Å²) in [5, 5.41) is 13.0. The van der Waals surface area contributed by atoms with Crippen LogP contribution in [0, 0.1) is 0 Å². The fourth-order valence-corrected chi connectivity index (χ4v) is 1.29. The summed E-state index contributed by atoms with van der Waals surface area (Å²) in [6.07, 6.45) is 0.232. The number of carbonyl (C=O) groups is 2. The van der Waals surface area contributed by atoms with Gasteiger partial charge in [-0.3, -0.25) is 4.79 Å². The Balaban J connectivity index is 2.56. The van der Waals surface area contributed by atoms with Gasteiger partial charge in [0.2, 0.25) is 0 Å². The Labute approximate surface area is 83.7 Å². The second kappa shape index (κ2) is 3.41. The van der Waals surface area contributed by atoms with E-state index in [1.54, 1.807) is 0 Å². The lowest BCUT2D eigenvalue weighted by Gasteiger charge is -1.98. The fourth-order valence-electron chi connectivity index (χ4n) is 1.29. The van der Waals surface area contributed by atoms with Gasteiger partial charge >= 0.3 is 6.09 Å². The largest absolute Gasteiger partial charge is 0.463 e. The molecule has 0 amide bonds. The molecule has 0 saturated carbocycles. The summed E-state index contributed by atoms with van der Waals surface area (Å²) < 4.78 is 5.47. The maximum atomic E-state index is 10.7. The van der Waals surface area contributed by atoms with Gasteiger partial charge in [-0.2, -0.15) is 9.78 Å². The Morgan fingerprint density at radius 2 is 2.33 bits per heavy atom. The summed E-state index contributed by atoms with van der Waals surface area (Å²) in [6.45, 7) is 0.308. The van der Waals surface area contributed by atoms with E-state index >= 15 is 0 Å². The molecule has 0 spiro atoms. The molecular formula is C9H6N2O4. The second-order valence-electron chi connectivity index (χ2n) is 2.77. The molecule has 6 nitrogen and oxygen atoms in total. The second-order valence-corrected chi connectivity index (χ2v) is 2.77. The first-order chi connectivity index (χ1) is 7.22. The van der Waals surface area contributed by atoms with E-state index in [-0.39, 0.29) is 0 Å². The van der Waals surface area contributed by atoms with Crippen molar-refractivity contribution < 1.29 is 19.4 Å². The molecule has 0 unspecified atom stereocenters. The van der Waals surface area contributed by atoms with Gasteiger partial charge in [0, 0.05) is 5.39 Å². The smallest absolute Gasteiger partial charge is 0.432 e. The van der Waals surface area contributed by atoms with Crippen LogP contribution in [-0.2, 0) is 4.79 Å². The lowest BCUT2D eigenvalue weighted by molar-refractivity contribution is -0.120. The van der Waals surface area contributed by atoms with Gasteiger partial charge in [0.25, 0.3) is 6.47 Å². The van der Waals surface area contributed by atoms with Gasteiger partial charge in [-0.15, -0.1) is 0 Å². The van der Waals surface area contributed by atoms with E-state index in [1.165, 1.54) is 24.4 Å². The number of aromatic nitrogens is 2. The molecule has 0 aliphatic heterocycles. The van der Waals surface area contributed by atoms with Crippen molar-refractivity contribution in [2.75, 3.05) is 0 Å². The number of hydrogen-bond donors (Lipinski definition) is 1. The lowest BCUT2D eigenvalue weighted by Crippen LogP contribution is -2.08. The van der Waals surface area contributed by atoms with E-state index in [0.29, 0.717) is 23.1 Å². The van der Waals surface area contributed by atoms with Gasteiger partial charge in [0.15, 0.2) is 0 Å². The van der Waals surface area contributed by atoms with Crippen LogP contribution in [-0.4, -0.2) is 27.5 Å². The third-order valence-corrected chi connectivity index (χ3v) is 1.90. The zero-order valence-corrected chi connectivity index (χ0v) is 7.45. The molecule has 0 fully saturated rings. The highest BCUT2D eigenvalue weighted by molar-refractivity contribution is 5.87. The van der Waals surface area contributed by atoms with Crippen LogP contribution in [0.3, 0.4) is 0 Å². The summed E-state index contributed by atoms with van der Waals surface area (Å²) in [6, 6.07) is 4.56. The highest BCUT2D eigenvalue weighted by atomic mass is 16.5. The van der Waals surface area contributed by atoms with Crippen molar-refractivity contribution in [2.45, 2.75) is 0 Å². The molecule has 1 N–H and O–H groups in total. The third kappa shape index (κ3) is 1.52. The van der Waals surface area contributed by atoms with Gasteiger partial charge in [-0.1, -0.05) is 0 Å². The SMILES string of the molecule is O=COc1ccc2c(cnn2C(=O)O)c1. The van der Waals surface area contributed by atoms with Crippen LogP contribution < -0.4 is 4.74 Å². The monoisotopic (exact) mass is 206 g/mol. The van der Waals surface area contributed by atoms with Crippen LogP contribution in [0.2, 0.25) is 0 Å². The van der Waals surface area contributed by atoms with Crippen molar-refractivity contribution in [3.8, 4) is 5.75 Å². The third-order valence-electron chi connectivity index (χ3n) is 1.90. The number of rotatable bonds is 2. The van der Waals surface area contributed by atoms with Crippen LogP contribution in [0.4, 0.5) is 4.79 Å². The van der Waals surface area contributed by atoms with Gasteiger partial charge in [0.05, 0.1) is 11.7 Å². The van der Waals surface area contributed by atoms with Crippen LogP contribution in [0.5, 0.6) is 5.75 Å². The van der Waals surface area contributed by atoms with Crippen LogP contribution >= 0.6 is 0 Å². The Kier molecular flexibility index (Phi) is 2.09. The maximum absolute atomic E-state index is 10.7. The molecule has 1 aromatic heterocycles. The van der Waals surface area contributed by atoms with Crippen molar-refractivity contribution in [1.29, 1.82) is 0 Å². The average molecular weight is 206 g/mol. The molecule has 0 aliphatic rings. The predicted molar refractivity (Wildman–Crippen MR) is 49.8 cm³/mol. The van der Waals surface area contributed by atoms with Crippen LogP contribution in [0.25, 0.3) is 10.9 Å². The average Bonchev–Trinajstić information content (AvgIpc) is 2.61. The molecule has 0 atom stereocenters. The molecule has 1 heterocycles. The zero-order chi connectivity index (χ0) is 10.8. The summed E-state index contributed by atoms with van der Waals surface area (Å²) in [7, 11) is 0. The minimum atomic E-state index is -1.16. The Bertz CT molecular complexity index is 532. The van der Waals surface area contributed by atoms with Crippen molar-refractivity contribution in [2.24, 2.45) is 0 Å². The quantitative estimate of drug-likeness (QED) is 0.744. The number of hydrogen-bond acceptors (Lipinski definition) is 4. The highest BCUT2D eigenvalue weighted by Crippen LogP contribution is 2.20. The molecule has 76 valence electrons. The Morgan fingerprint density at radius 3 is 3.00 bits per heavy atom. The van der Waals surface area contributed by atoms with Gasteiger partial charge < -0.3 is 9.84 Å². The maximum Gasteiger partial charge on any atom is 0.432 e. The summed E-state index contributed by atoms with van der Waals surface area (Å²) in [4.78, 5) is 20.8. The molecule has 0 bridgehead atoms. The van der Waals surface area contributed by atoms with E-state index in [4.69, 9.17) is 5.11 Å². The predicted octanol–water partition coefficient (Wildman–Crippen LogP) is 1.10. The van der Waals surface area contributed by atoms with E-state index < -0.39 is 6.09 Å². The van der Waals surface area contributed by atoms with E-state index in [0.717, 1.165) is 4.68 Å². The minimum Gasteiger partial charge on any atom is -0.463 e. The molecule has 2 aromatic rings. The molecular weight excluding hydrogens is 200 g/mol. The number of ether oxygens (including phenoxy) is 1. The van der Waals surface area contributed by atoms with Crippen molar-refractivity contribution >= 4 is 23.5 Å². The fraction of sp³-hybridized carbons (Fsp3) is 0. The summed E-state index contributed by atoms with van der Waals surface area (Å²) in [5.41, 5.74) is 0.445. The molecule has 0 saturated heterocycles. The van der Waals surface area contributed by atoms with Gasteiger partial charge in [0.1, 0.15) is 5.75 Å². The normalized spacial score (nSPS) is 10.1. The molecule has 1 aromatic carbocycles. The van der Waals surface area contributed by atoms with Crippen molar-refractivity contribution in [3.05, 3.63) is 24.4 Å². The van der Waals surface area contributed by atoms with Crippen molar-refractivity contribution in [3.63, 3.8) is 0 Å². The Hall–Kier alpha value is -2.37. The first-order valence-electron chi connectivity index (χ1n) is 4.04.